The molecule has 0 spiro atoms. The van der Waals surface area contributed by atoms with Crippen LogP contribution in [0, 0.1) is 19.8 Å². The molecule has 1 aliphatic heterocycles. The molecular weight excluding hydrogens is 230 g/mol. The smallest absolute Gasteiger partial charge is 0.321 e. The summed E-state index contributed by atoms with van der Waals surface area (Å²) in [6.07, 6.45) is 0.942. The van der Waals surface area contributed by atoms with E-state index in [2.05, 4.69) is 11.8 Å². The summed E-state index contributed by atoms with van der Waals surface area (Å²) >= 11 is 0. The third-order valence-corrected chi connectivity index (χ3v) is 4.02. The molecule has 1 fully saturated rings. The second-order valence-corrected chi connectivity index (χ2v) is 5.33. The number of hydrogen-bond acceptors (Lipinski definition) is 3. The van der Waals surface area contributed by atoms with E-state index in [1.807, 2.05) is 26.8 Å². The Morgan fingerprint density at radius 3 is 2.72 bits per heavy atom. The average Bonchev–Trinajstić information content (AvgIpc) is 2.80. The number of hydrogen-bond donors (Lipinski definition) is 1. The van der Waals surface area contributed by atoms with Gasteiger partial charge in [0.25, 0.3) is 0 Å². The minimum atomic E-state index is -0.718. The van der Waals surface area contributed by atoms with Gasteiger partial charge in [-0.2, -0.15) is 0 Å². The van der Waals surface area contributed by atoms with Crippen molar-refractivity contribution in [3.8, 4) is 0 Å². The van der Waals surface area contributed by atoms with Crippen molar-refractivity contribution in [3.63, 3.8) is 0 Å². The highest BCUT2D eigenvalue weighted by Gasteiger charge is 2.40. The van der Waals surface area contributed by atoms with Crippen molar-refractivity contribution in [3.05, 3.63) is 23.2 Å². The summed E-state index contributed by atoms with van der Waals surface area (Å²) in [6.45, 7) is 8.77. The Hall–Kier alpha value is -1.29. The SMILES string of the molecule is Cc1cc(C(C)N2CCC(C)C2C(=O)O)c(C)o1. The number of aliphatic carboxylic acids is 1. The number of carbonyl (C=O) groups is 1. The van der Waals surface area contributed by atoms with E-state index in [0.717, 1.165) is 30.0 Å². The molecule has 100 valence electrons. The zero-order chi connectivity index (χ0) is 13.4. The summed E-state index contributed by atoms with van der Waals surface area (Å²) in [4.78, 5) is 13.5. The minimum Gasteiger partial charge on any atom is -0.480 e. The first-order chi connectivity index (χ1) is 8.41. The monoisotopic (exact) mass is 251 g/mol. The quantitative estimate of drug-likeness (QED) is 0.897. The van der Waals surface area contributed by atoms with Gasteiger partial charge >= 0.3 is 5.97 Å². The van der Waals surface area contributed by atoms with E-state index in [-0.39, 0.29) is 18.0 Å². The largest absolute Gasteiger partial charge is 0.480 e. The van der Waals surface area contributed by atoms with E-state index in [9.17, 15) is 9.90 Å². The first kappa shape index (κ1) is 13.1. The lowest BCUT2D eigenvalue weighted by Crippen LogP contribution is -2.40. The first-order valence-corrected chi connectivity index (χ1v) is 6.47. The van der Waals surface area contributed by atoms with Gasteiger partial charge in [-0.15, -0.1) is 0 Å². The van der Waals surface area contributed by atoms with E-state index in [1.54, 1.807) is 0 Å². The zero-order valence-electron chi connectivity index (χ0n) is 11.4. The predicted octanol–water partition coefficient (Wildman–Crippen LogP) is 2.75. The fourth-order valence-corrected chi connectivity index (χ4v) is 3.04. The van der Waals surface area contributed by atoms with Gasteiger partial charge in [-0.25, -0.2) is 0 Å². The molecule has 4 nitrogen and oxygen atoms in total. The number of likely N-dealkylation sites (tertiary alicyclic amines) is 1. The van der Waals surface area contributed by atoms with E-state index in [0.29, 0.717) is 0 Å². The lowest BCUT2D eigenvalue weighted by molar-refractivity contribution is -0.144. The fraction of sp³-hybridized carbons (Fsp3) is 0.643. The van der Waals surface area contributed by atoms with Gasteiger partial charge in [0.15, 0.2) is 0 Å². The molecule has 0 amide bonds. The lowest BCUT2D eigenvalue weighted by Gasteiger charge is -2.29. The van der Waals surface area contributed by atoms with E-state index in [4.69, 9.17) is 4.42 Å². The molecule has 0 aromatic carbocycles. The molecule has 4 heteroatoms. The Bertz CT molecular complexity index is 452. The maximum Gasteiger partial charge on any atom is 0.321 e. The molecule has 1 aromatic rings. The van der Waals surface area contributed by atoms with Crippen LogP contribution in [0.5, 0.6) is 0 Å². The van der Waals surface area contributed by atoms with Gasteiger partial charge in [-0.05, 0) is 45.7 Å². The van der Waals surface area contributed by atoms with Crippen molar-refractivity contribution in [1.82, 2.24) is 4.90 Å². The molecule has 3 atom stereocenters. The Morgan fingerprint density at radius 2 is 2.22 bits per heavy atom. The number of furan rings is 1. The van der Waals surface area contributed by atoms with Crippen molar-refractivity contribution in [2.24, 2.45) is 5.92 Å². The summed E-state index contributed by atoms with van der Waals surface area (Å²) in [7, 11) is 0. The van der Waals surface area contributed by atoms with Crippen LogP contribution in [-0.4, -0.2) is 28.6 Å². The Balaban J connectivity index is 2.26. The van der Waals surface area contributed by atoms with Gasteiger partial charge in [0, 0.05) is 11.6 Å². The summed E-state index contributed by atoms with van der Waals surface area (Å²) in [5.74, 6) is 1.26. The number of aryl methyl sites for hydroxylation is 2. The molecule has 1 saturated heterocycles. The Morgan fingerprint density at radius 1 is 1.56 bits per heavy atom. The molecule has 0 radical (unpaired) electrons. The van der Waals surface area contributed by atoms with Crippen LogP contribution in [0.4, 0.5) is 0 Å². The molecule has 0 aliphatic carbocycles. The van der Waals surface area contributed by atoms with Crippen LogP contribution in [0.25, 0.3) is 0 Å². The molecule has 3 unspecified atom stereocenters. The maximum atomic E-state index is 11.4. The van der Waals surface area contributed by atoms with E-state index in [1.165, 1.54) is 0 Å². The predicted molar refractivity (Wildman–Crippen MR) is 68.5 cm³/mol. The van der Waals surface area contributed by atoms with Gasteiger partial charge in [0.05, 0.1) is 0 Å². The summed E-state index contributed by atoms with van der Waals surface area (Å²) < 4.78 is 5.54. The van der Waals surface area contributed by atoms with Crippen LogP contribution in [-0.2, 0) is 4.79 Å². The van der Waals surface area contributed by atoms with Crippen LogP contribution in [0.1, 0.15) is 43.4 Å². The van der Waals surface area contributed by atoms with Crippen LogP contribution in [0.3, 0.4) is 0 Å². The Kier molecular flexibility index (Phi) is 3.48. The van der Waals surface area contributed by atoms with Gasteiger partial charge in [-0.1, -0.05) is 6.92 Å². The molecule has 1 aliphatic rings. The summed E-state index contributed by atoms with van der Waals surface area (Å²) in [6, 6.07) is 1.73. The second kappa shape index (κ2) is 4.76. The highest BCUT2D eigenvalue weighted by atomic mass is 16.4. The molecule has 2 rings (SSSR count). The van der Waals surface area contributed by atoms with Crippen molar-refractivity contribution in [1.29, 1.82) is 0 Å². The van der Waals surface area contributed by atoms with Crippen LogP contribution in [0.2, 0.25) is 0 Å². The van der Waals surface area contributed by atoms with Gasteiger partial charge in [-0.3, -0.25) is 9.69 Å². The van der Waals surface area contributed by atoms with E-state index >= 15 is 0 Å². The van der Waals surface area contributed by atoms with Gasteiger partial charge < -0.3 is 9.52 Å². The molecule has 18 heavy (non-hydrogen) atoms. The highest BCUT2D eigenvalue weighted by molar-refractivity contribution is 5.74. The standard InChI is InChI=1S/C14H21NO3/c1-8-5-6-15(13(8)14(16)17)10(3)12-7-9(2)18-11(12)4/h7-8,10,13H,5-6H2,1-4H3,(H,16,17). The van der Waals surface area contributed by atoms with E-state index < -0.39 is 5.97 Å². The fourth-order valence-electron chi connectivity index (χ4n) is 3.04. The zero-order valence-corrected chi connectivity index (χ0v) is 11.4. The number of carboxylic acids is 1. The number of nitrogens with zero attached hydrogens (tertiary/aromatic N) is 1. The van der Waals surface area contributed by atoms with Crippen molar-refractivity contribution < 1.29 is 14.3 Å². The normalized spacial score (nSPS) is 26.4. The minimum absolute atomic E-state index is 0.0912. The second-order valence-electron chi connectivity index (χ2n) is 5.33. The van der Waals surface area contributed by atoms with Gasteiger partial charge in [0.2, 0.25) is 0 Å². The van der Waals surface area contributed by atoms with Crippen molar-refractivity contribution >= 4 is 5.97 Å². The molecule has 0 saturated carbocycles. The van der Waals surface area contributed by atoms with Crippen molar-refractivity contribution in [2.75, 3.05) is 6.54 Å². The van der Waals surface area contributed by atoms with Crippen LogP contribution >= 0.6 is 0 Å². The number of carboxylic acid groups (broad SMARTS) is 1. The molecule has 1 N–H and O–H groups in total. The summed E-state index contributed by atoms with van der Waals surface area (Å²) in [5, 5.41) is 9.36. The maximum absolute atomic E-state index is 11.4. The Labute approximate surface area is 108 Å². The molecule has 0 bridgehead atoms. The molecule has 1 aromatic heterocycles. The average molecular weight is 251 g/mol. The van der Waals surface area contributed by atoms with Crippen LogP contribution in [0.15, 0.2) is 10.5 Å². The van der Waals surface area contributed by atoms with Crippen molar-refractivity contribution in [2.45, 2.75) is 46.2 Å². The van der Waals surface area contributed by atoms with Gasteiger partial charge in [0.1, 0.15) is 17.6 Å². The molecule has 2 heterocycles. The third kappa shape index (κ3) is 2.17. The highest BCUT2D eigenvalue weighted by Crippen LogP contribution is 2.34. The topological polar surface area (TPSA) is 53.7 Å². The molecular formula is C14H21NO3. The third-order valence-electron chi connectivity index (χ3n) is 4.02. The first-order valence-electron chi connectivity index (χ1n) is 6.47. The summed E-state index contributed by atoms with van der Waals surface area (Å²) in [5.41, 5.74) is 1.10. The van der Waals surface area contributed by atoms with Crippen LogP contribution < -0.4 is 0 Å². The lowest BCUT2D eigenvalue weighted by atomic mass is 10.0. The number of rotatable bonds is 3.